The van der Waals surface area contributed by atoms with Crippen molar-refractivity contribution >= 4 is 23.1 Å². The highest BCUT2D eigenvalue weighted by molar-refractivity contribution is 7.15. The second kappa shape index (κ2) is 7.56. The summed E-state index contributed by atoms with van der Waals surface area (Å²) in [4.78, 5) is 22.8. The first-order chi connectivity index (χ1) is 13.9. The Kier molecular flexibility index (Phi) is 4.94. The molecule has 3 heterocycles. The van der Waals surface area contributed by atoms with Gasteiger partial charge in [-0.05, 0) is 42.8 Å². The highest BCUT2D eigenvalue weighted by Crippen LogP contribution is 2.36. The average Bonchev–Trinajstić information content (AvgIpc) is 3.27. The Hall–Kier alpha value is -3.39. The van der Waals surface area contributed by atoms with E-state index in [0.29, 0.717) is 0 Å². The summed E-state index contributed by atoms with van der Waals surface area (Å²) >= 11 is 1.65. The van der Waals surface area contributed by atoms with Gasteiger partial charge in [-0.1, -0.05) is 6.07 Å². The van der Waals surface area contributed by atoms with Crippen LogP contribution in [0.15, 0.2) is 55.1 Å². The second-order valence-electron chi connectivity index (χ2n) is 6.45. The number of nitrogens with one attached hydrogen (secondary N) is 1. The molecular formula is C21H16F2N4OS. The van der Waals surface area contributed by atoms with Gasteiger partial charge in [-0.25, -0.2) is 18.7 Å². The van der Waals surface area contributed by atoms with Crippen LogP contribution in [0.1, 0.15) is 15.2 Å². The number of carbonyl (C=O) groups excluding carboxylic acids is 1. The van der Waals surface area contributed by atoms with E-state index in [2.05, 4.69) is 21.4 Å². The van der Waals surface area contributed by atoms with E-state index in [4.69, 9.17) is 0 Å². The molecule has 29 heavy (non-hydrogen) atoms. The van der Waals surface area contributed by atoms with Gasteiger partial charge in [0.2, 0.25) is 0 Å². The molecule has 0 spiro atoms. The number of hydrogen-bond donors (Lipinski definition) is 1. The SMILES string of the molecule is Cc1sc(-c2cncn2C)cc1-c1ccc(NC(=O)c2c(F)cccc2F)nc1. The minimum Gasteiger partial charge on any atom is -0.333 e. The van der Waals surface area contributed by atoms with E-state index in [-0.39, 0.29) is 5.82 Å². The van der Waals surface area contributed by atoms with Crippen molar-refractivity contribution in [1.29, 1.82) is 0 Å². The standard InChI is InChI=1S/C21H16F2N4OS/c1-12-14(8-18(29-12)17-10-24-11-27(17)2)13-6-7-19(25-9-13)26-21(28)20-15(22)4-3-5-16(20)23/h3-11H,1-2H3,(H,25,26,28). The van der Waals surface area contributed by atoms with Gasteiger partial charge in [-0.15, -0.1) is 11.3 Å². The molecule has 0 aliphatic heterocycles. The van der Waals surface area contributed by atoms with Gasteiger partial charge in [0.05, 0.1) is 23.1 Å². The average molecular weight is 410 g/mol. The van der Waals surface area contributed by atoms with Crippen molar-refractivity contribution in [2.75, 3.05) is 5.32 Å². The number of aryl methyl sites for hydroxylation is 2. The Bertz CT molecular complexity index is 1180. The summed E-state index contributed by atoms with van der Waals surface area (Å²) in [5.41, 5.74) is 2.29. The van der Waals surface area contributed by atoms with Gasteiger partial charge in [0.25, 0.3) is 5.91 Å². The third kappa shape index (κ3) is 3.66. The number of amides is 1. The lowest BCUT2D eigenvalue weighted by molar-refractivity contribution is 0.101. The first kappa shape index (κ1) is 18.9. The lowest BCUT2D eigenvalue weighted by atomic mass is 10.1. The van der Waals surface area contributed by atoms with Crippen LogP contribution in [0.4, 0.5) is 14.6 Å². The molecule has 1 aromatic carbocycles. The van der Waals surface area contributed by atoms with Crippen molar-refractivity contribution in [3.8, 4) is 21.7 Å². The molecule has 4 rings (SSSR count). The summed E-state index contributed by atoms with van der Waals surface area (Å²) in [5, 5.41) is 2.43. The van der Waals surface area contributed by atoms with Crippen molar-refractivity contribution in [3.05, 3.63) is 77.2 Å². The minimum absolute atomic E-state index is 0.209. The molecule has 0 saturated heterocycles. The second-order valence-corrected chi connectivity index (χ2v) is 7.71. The molecule has 0 bridgehead atoms. The van der Waals surface area contributed by atoms with Gasteiger partial charge < -0.3 is 9.88 Å². The summed E-state index contributed by atoms with van der Waals surface area (Å²) in [7, 11) is 1.94. The number of hydrogen-bond acceptors (Lipinski definition) is 4. The normalized spacial score (nSPS) is 10.9. The fraction of sp³-hybridized carbons (Fsp3) is 0.0952. The zero-order valence-electron chi connectivity index (χ0n) is 15.6. The maximum Gasteiger partial charge on any atom is 0.262 e. The fourth-order valence-corrected chi connectivity index (χ4v) is 4.10. The zero-order chi connectivity index (χ0) is 20.5. The molecular weight excluding hydrogens is 394 g/mol. The number of thiophene rings is 1. The molecule has 5 nitrogen and oxygen atoms in total. The Morgan fingerprint density at radius 3 is 2.52 bits per heavy atom. The summed E-state index contributed by atoms with van der Waals surface area (Å²) in [6, 6.07) is 8.76. The number of halogens is 2. The molecule has 3 aromatic heterocycles. The Morgan fingerprint density at radius 1 is 1.14 bits per heavy atom. The molecule has 146 valence electrons. The van der Waals surface area contributed by atoms with E-state index < -0.39 is 23.1 Å². The quantitative estimate of drug-likeness (QED) is 0.512. The highest BCUT2D eigenvalue weighted by Gasteiger charge is 2.18. The van der Waals surface area contributed by atoms with Gasteiger partial charge in [0.1, 0.15) is 23.0 Å². The lowest BCUT2D eigenvalue weighted by Crippen LogP contribution is -2.16. The van der Waals surface area contributed by atoms with Gasteiger partial charge in [-0.2, -0.15) is 0 Å². The maximum atomic E-state index is 13.8. The summed E-state index contributed by atoms with van der Waals surface area (Å²) in [6.45, 7) is 2.02. The number of rotatable bonds is 4. The smallest absolute Gasteiger partial charge is 0.262 e. The highest BCUT2D eigenvalue weighted by atomic mass is 32.1. The van der Waals surface area contributed by atoms with Gasteiger partial charge >= 0.3 is 0 Å². The number of benzene rings is 1. The Morgan fingerprint density at radius 2 is 1.90 bits per heavy atom. The number of carbonyl (C=O) groups is 1. The van der Waals surface area contributed by atoms with Crippen LogP contribution >= 0.6 is 11.3 Å². The molecule has 4 aromatic rings. The van der Waals surface area contributed by atoms with Crippen LogP contribution in [0.25, 0.3) is 21.7 Å². The topological polar surface area (TPSA) is 59.8 Å². The number of imidazole rings is 1. The predicted octanol–water partition coefficient (Wildman–Crippen LogP) is 5.05. The van der Waals surface area contributed by atoms with E-state index in [9.17, 15) is 13.6 Å². The summed E-state index contributed by atoms with van der Waals surface area (Å²) < 4.78 is 29.5. The minimum atomic E-state index is -0.921. The number of aromatic nitrogens is 3. The Labute approximate surface area is 169 Å². The summed E-state index contributed by atoms with van der Waals surface area (Å²) in [6.07, 6.45) is 5.19. The molecule has 1 N–H and O–H groups in total. The third-order valence-corrected chi connectivity index (χ3v) is 5.57. The van der Waals surface area contributed by atoms with Gasteiger partial charge in [-0.3, -0.25) is 4.79 Å². The Balaban J connectivity index is 1.57. The van der Waals surface area contributed by atoms with Gasteiger partial charge in [0, 0.05) is 23.7 Å². The van der Waals surface area contributed by atoms with E-state index in [0.717, 1.165) is 38.7 Å². The number of nitrogens with zero attached hydrogens (tertiary/aromatic N) is 3. The van der Waals surface area contributed by atoms with Crippen molar-refractivity contribution < 1.29 is 13.6 Å². The fourth-order valence-electron chi connectivity index (χ4n) is 3.01. The number of anilines is 1. The largest absolute Gasteiger partial charge is 0.333 e. The van der Waals surface area contributed by atoms with Crippen molar-refractivity contribution in [3.63, 3.8) is 0 Å². The first-order valence-corrected chi connectivity index (χ1v) is 9.54. The molecule has 1 amide bonds. The monoisotopic (exact) mass is 410 g/mol. The van der Waals surface area contributed by atoms with E-state index >= 15 is 0 Å². The van der Waals surface area contributed by atoms with Crippen molar-refractivity contribution in [2.24, 2.45) is 7.05 Å². The first-order valence-electron chi connectivity index (χ1n) is 8.73. The van der Waals surface area contributed by atoms with Crippen LogP contribution in [0.5, 0.6) is 0 Å². The predicted molar refractivity (Wildman–Crippen MR) is 109 cm³/mol. The zero-order valence-corrected chi connectivity index (χ0v) is 16.4. The molecule has 0 saturated carbocycles. The molecule has 0 aliphatic carbocycles. The van der Waals surface area contributed by atoms with Crippen LogP contribution in [-0.2, 0) is 7.05 Å². The third-order valence-electron chi connectivity index (χ3n) is 4.49. The number of pyridine rings is 1. The van der Waals surface area contributed by atoms with E-state index in [1.807, 2.05) is 30.8 Å². The van der Waals surface area contributed by atoms with Gasteiger partial charge in [0.15, 0.2) is 0 Å². The lowest BCUT2D eigenvalue weighted by Gasteiger charge is -2.07. The van der Waals surface area contributed by atoms with Crippen LogP contribution in [0.2, 0.25) is 0 Å². The van der Waals surface area contributed by atoms with E-state index in [1.165, 1.54) is 6.07 Å². The maximum absolute atomic E-state index is 13.8. The van der Waals surface area contributed by atoms with Crippen LogP contribution in [0, 0.1) is 18.6 Å². The van der Waals surface area contributed by atoms with Crippen molar-refractivity contribution in [1.82, 2.24) is 14.5 Å². The van der Waals surface area contributed by atoms with Crippen LogP contribution in [0.3, 0.4) is 0 Å². The molecule has 0 atom stereocenters. The van der Waals surface area contributed by atoms with Crippen LogP contribution in [-0.4, -0.2) is 20.4 Å². The molecule has 8 heteroatoms. The molecule has 0 unspecified atom stereocenters. The van der Waals surface area contributed by atoms with Crippen molar-refractivity contribution in [2.45, 2.75) is 6.92 Å². The molecule has 0 aliphatic rings. The molecule has 0 fully saturated rings. The molecule has 0 radical (unpaired) electrons. The van der Waals surface area contributed by atoms with E-state index in [1.54, 1.807) is 29.9 Å². The summed E-state index contributed by atoms with van der Waals surface area (Å²) in [5.74, 6) is -2.52. The van der Waals surface area contributed by atoms with Crippen LogP contribution < -0.4 is 5.32 Å².